The highest BCUT2D eigenvalue weighted by Gasteiger charge is 2.14. The molecule has 1 aliphatic carbocycles. The minimum Gasteiger partial charge on any atom is -0.395 e. The molecule has 2 nitrogen and oxygen atoms in total. The van der Waals surface area contributed by atoms with Crippen LogP contribution in [-0.2, 0) is 0 Å². The molecule has 0 heterocycles. The van der Waals surface area contributed by atoms with Crippen LogP contribution >= 0.6 is 0 Å². The Labute approximate surface area is 69.0 Å². The zero-order chi connectivity index (χ0) is 8.10. The third-order valence-corrected chi connectivity index (χ3v) is 2.40. The van der Waals surface area contributed by atoms with E-state index in [1.807, 2.05) is 6.92 Å². The molecule has 0 aromatic carbocycles. The van der Waals surface area contributed by atoms with Gasteiger partial charge in [0.15, 0.2) is 0 Å². The average Bonchev–Trinajstić information content (AvgIpc) is 2.06. The topological polar surface area (TPSA) is 32.3 Å². The molecule has 1 saturated carbocycles. The second kappa shape index (κ2) is 4.73. The Hall–Kier alpha value is -0.0800. The van der Waals surface area contributed by atoms with E-state index in [4.69, 9.17) is 5.11 Å². The van der Waals surface area contributed by atoms with Gasteiger partial charge >= 0.3 is 0 Å². The van der Waals surface area contributed by atoms with Crippen LogP contribution in [0.5, 0.6) is 0 Å². The van der Waals surface area contributed by atoms with Crippen molar-refractivity contribution in [1.29, 1.82) is 0 Å². The molecule has 0 bridgehead atoms. The fourth-order valence-corrected chi connectivity index (χ4v) is 1.72. The lowest BCUT2D eigenvalue weighted by molar-refractivity contribution is 0.228. The molecule has 1 fully saturated rings. The summed E-state index contributed by atoms with van der Waals surface area (Å²) in [5.41, 5.74) is 0. The lowest BCUT2D eigenvalue weighted by atomic mass is 9.95. The van der Waals surface area contributed by atoms with Crippen LogP contribution < -0.4 is 5.32 Å². The summed E-state index contributed by atoms with van der Waals surface area (Å²) < 4.78 is 0. The Bertz CT molecular complexity index is 99.7. The van der Waals surface area contributed by atoms with Crippen molar-refractivity contribution in [2.24, 2.45) is 0 Å². The van der Waals surface area contributed by atoms with E-state index in [0.717, 1.165) is 0 Å². The van der Waals surface area contributed by atoms with Gasteiger partial charge in [-0.2, -0.15) is 0 Å². The fraction of sp³-hybridized carbons (Fsp3) is 1.00. The number of aliphatic hydroxyl groups is 1. The molecule has 2 heteroatoms. The van der Waals surface area contributed by atoms with Crippen LogP contribution in [0.4, 0.5) is 0 Å². The van der Waals surface area contributed by atoms with Gasteiger partial charge in [-0.25, -0.2) is 0 Å². The van der Waals surface area contributed by atoms with Crippen LogP contribution in [0, 0.1) is 0 Å². The fourth-order valence-electron chi connectivity index (χ4n) is 1.72. The van der Waals surface area contributed by atoms with Crippen LogP contribution in [0.15, 0.2) is 0 Å². The molecule has 0 unspecified atom stereocenters. The minimum absolute atomic E-state index is 0.260. The minimum atomic E-state index is 0.260. The molecular formula is C9H19NO. The molecule has 1 atom stereocenters. The highest BCUT2D eigenvalue weighted by Crippen LogP contribution is 2.17. The van der Waals surface area contributed by atoms with E-state index in [-0.39, 0.29) is 12.6 Å². The average molecular weight is 157 g/mol. The van der Waals surface area contributed by atoms with Crippen molar-refractivity contribution >= 4 is 0 Å². The van der Waals surface area contributed by atoms with E-state index in [1.165, 1.54) is 32.1 Å². The Balaban J connectivity index is 2.13. The van der Waals surface area contributed by atoms with Gasteiger partial charge in [-0.1, -0.05) is 19.3 Å². The van der Waals surface area contributed by atoms with Crippen LogP contribution in [0.3, 0.4) is 0 Å². The zero-order valence-electron chi connectivity index (χ0n) is 7.34. The Morgan fingerprint density at radius 1 is 1.36 bits per heavy atom. The Morgan fingerprint density at radius 2 is 2.00 bits per heavy atom. The summed E-state index contributed by atoms with van der Waals surface area (Å²) in [5.74, 6) is 0. The summed E-state index contributed by atoms with van der Waals surface area (Å²) in [4.78, 5) is 0. The highest BCUT2D eigenvalue weighted by atomic mass is 16.3. The summed E-state index contributed by atoms with van der Waals surface area (Å²) >= 11 is 0. The molecule has 0 saturated heterocycles. The number of hydrogen-bond donors (Lipinski definition) is 2. The van der Waals surface area contributed by atoms with Crippen LogP contribution in [0.25, 0.3) is 0 Å². The first-order valence-electron chi connectivity index (χ1n) is 4.70. The van der Waals surface area contributed by atoms with Gasteiger partial charge in [-0.05, 0) is 19.8 Å². The zero-order valence-corrected chi connectivity index (χ0v) is 7.34. The molecule has 0 aliphatic heterocycles. The predicted molar refractivity (Wildman–Crippen MR) is 46.6 cm³/mol. The van der Waals surface area contributed by atoms with E-state index in [0.29, 0.717) is 6.04 Å². The SMILES string of the molecule is C[C@@H](CO)NC1CCCCC1. The highest BCUT2D eigenvalue weighted by molar-refractivity contribution is 4.74. The van der Waals surface area contributed by atoms with E-state index in [1.54, 1.807) is 0 Å². The van der Waals surface area contributed by atoms with Crippen molar-refractivity contribution in [2.45, 2.75) is 51.1 Å². The normalized spacial score (nSPS) is 23.5. The first-order valence-corrected chi connectivity index (χ1v) is 4.70. The quantitative estimate of drug-likeness (QED) is 0.647. The van der Waals surface area contributed by atoms with E-state index < -0.39 is 0 Å². The molecule has 2 N–H and O–H groups in total. The number of nitrogens with one attached hydrogen (secondary N) is 1. The van der Waals surface area contributed by atoms with Crippen LogP contribution in [0.2, 0.25) is 0 Å². The van der Waals surface area contributed by atoms with E-state index >= 15 is 0 Å². The number of hydrogen-bond acceptors (Lipinski definition) is 2. The smallest absolute Gasteiger partial charge is 0.0582 e. The Kier molecular flexibility index (Phi) is 3.87. The standard InChI is InChI=1S/C9H19NO/c1-8(7-11)10-9-5-3-2-4-6-9/h8-11H,2-7H2,1H3/t8-/m0/s1. The predicted octanol–water partition coefficient (Wildman–Crippen LogP) is 1.29. The summed E-state index contributed by atoms with van der Waals surface area (Å²) in [6, 6.07) is 0.948. The van der Waals surface area contributed by atoms with Crippen LogP contribution in [0.1, 0.15) is 39.0 Å². The Morgan fingerprint density at radius 3 is 2.55 bits per heavy atom. The molecule has 1 rings (SSSR count). The molecule has 1 aliphatic rings. The van der Waals surface area contributed by atoms with Gasteiger partial charge in [0, 0.05) is 12.1 Å². The van der Waals surface area contributed by atoms with Crippen molar-refractivity contribution < 1.29 is 5.11 Å². The third kappa shape index (κ3) is 3.21. The van der Waals surface area contributed by atoms with Crippen molar-refractivity contribution in [3.8, 4) is 0 Å². The van der Waals surface area contributed by atoms with Crippen molar-refractivity contribution in [3.63, 3.8) is 0 Å². The summed E-state index contributed by atoms with van der Waals surface area (Å²) in [6.07, 6.45) is 6.70. The molecular weight excluding hydrogens is 138 g/mol. The molecule has 66 valence electrons. The monoisotopic (exact) mass is 157 g/mol. The second-order valence-corrected chi connectivity index (χ2v) is 3.59. The van der Waals surface area contributed by atoms with E-state index in [9.17, 15) is 0 Å². The molecule has 0 spiro atoms. The molecule has 11 heavy (non-hydrogen) atoms. The molecule has 0 amide bonds. The van der Waals surface area contributed by atoms with Gasteiger partial charge in [0.2, 0.25) is 0 Å². The van der Waals surface area contributed by atoms with Gasteiger partial charge in [-0.3, -0.25) is 0 Å². The molecule has 0 aromatic heterocycles. The summed E-state index contributed by atoms with van der Waals surface area (Å²) in [6.45, 7) is 2.30. The summed E-state index contributed by atoms with van der Waals surface area (Å²) in [7, 11) is 0. The van der Waals surface area contributed by atoms with Gasteiger partial charge in [0.05, 0.1) is 6.61 Å². The third-order valence-electron chi connectivity index (χ3n) is 2.40. The largest absolute Gasteiger partial charge is 0.395 e. The maximum atomic E-state index is 8.80. The van der Waals surface area contributed by atoms with Gasteiger partial charge in [0.25, 0.3) is 0 Å². The van der Waals surface area contributed by atoms with Crippen molar-refractivity contribution in [2.75, 3.05) is 6.61 Å². The maximum Gasteiger partial charge on any atom is 0.0582 e. The van der Waals surface area contributed by atoms with Crippen molar-refractivity contribution in [3.05, 3.63) is 0 Å². The van der Waals surface area contributed by atoms with Gasteiger partial charge in [-0.15, -0.1) is 0 Å². The van der Waals surface area contributed by atoms with Crippen molar-refractivity contribution in [1.82, 2.24) is 5.32 Å². The van der Waals surface area contributed by atoms with Gasteiger partial charge < -0.3 is 10.4 Å². The number of rotatable bonds is 3. The van der Waals surface area contributed by atoms with Gasteiger partial charge in [0.1, 0.15) is 0 Å². The first-order chi connectivity index (χ1) is 5.33. The first kappa shape index (κ1) is 9.01. The maximum absolute atomic E-state index is 8.80. The molecule has 0 aromatic rings. The lowest BCUT2D eigenvalue weighted by Crippen LogP contribution is -2.39. The number of aliphatic hydroxyl groups excluding tert-OH is 1. The summed E-state index contributed by atoms with van der Waals surface area (Å²) in [5, 5.41) is 12.2. The van der Waals surface area contributed by atoms with Crippen LogP contribution in [-0.4, -0.2) is 23.8 Å². The lowest BCUT2D eigenvalue weighted by Gasteiger charge is -2.25. The second-order valence-electron chi connectivity index (χ2n) is 3.59. The molecule has 0 radical (unpaired) electrons. The van der Waals surface area contributed by atoms with E-state index in [2.05, 4.69) is 5.32 Å².